The molecule has 0 aromatic heterocycles. The van der Waals surface area contributed by atoms with Gasteiger partial charge in [0.05, 0.1) is 12.3 Å². The number of carbonyl (C=O) groups excluding carboxylic acids is 1. The van der Waals surface area contributed by atoms with Crippen molar-refractivity contribution in [3.63, 3.8) is 0 Å². The zero-order chi connectivity index (χ0) is 17.6. The lowest BCUT2D eigenvalue weighted by atomic mass is 9.95. The van der Waals surface area contributed by atoms with Gasteiger partial charge < -0.3 is 10.1 Å². The summed E-state index contributed by atoms with van der Waals surface area (Å²) < 4.78 is 5.72. The van der Waals surface area contributed by atoms with Crippen molar-refractivity contribution < 1.29 is 9.53 Å². The van der Waals surface area contributed by atoms with Gasteiger partial charge in [-0.2, -0.15) is 0 Å². The third-order valence-corrected chi connectivity index (χ3v) is 4.16. The summed E-state index contributed by atoms with van der Waals surface area (Å²) in [6.45, 7) is 12.7. The van der Waals surface area contributed by atoms with Crippen LogP contribution in [0.2, 0.25) is 0 Å². The minimum absolute atomic E-state index is 0.00983. The molecule has 23 heavy (non-hydrogen) atoms. The Morgan fingerprint density at radius 3 is 2.48 bits per heavy atom. The first kappa shape index (κ1) is 20.0. The molecule has 0 heterocycles. The summed E-state index contributed by atoms with van der Waals surface area (Å²) in [5.41, 5.74) is 1.52. The number of amides is 1. The smallest absolute Gasteiger partial charge is 0.229 e. The normalized spacial score (nSPS) is 13.0. The number of hydrogen-bond acceptors (Lipinski definition) is 2. The molecule has 1 aromatic carbocycles. The molecule has 0 aliphatic carbocycles. The molecule has 130 valence electrons. The topological polar surface area (TPSA) is 38.3 Å². The Labute approximate surface area is 149 Å². The van der Waals surface area contributed by atoms with Crippen LogP contribution in [0, 0.1) is 11.3 Å². The number of alkyl halides is 1. The molecule has 1 aromatic rings. The van der Waals surface area contributed by atoms with Gasteiger partial charge >= 0.3 is 0 Å². The van der Waals surface area contributed by atoms with Gasteiger partial charge in [-0.25, -0.2) is 0 Å². The molecule has 1 amide bonds. The molecule has 3 nitrogen and oxygen atoms in total. The standard InChI is InChI=1S/C19H30BrNO2/c1-7-23-17-12-14(11-15(20)10-13(2)3)8-9-16(17)21-18(22)19(4,5)6/h8-9,12-13,15H,7,10-11H2,1-6H3,(H,21,22). The molecule has 0 aliphatic rings. The zero-order valence-corrected chi connectivity index (χ0v) is 16.8. The predicted molar refractivity (Wildman–Crippen MR) is 102 cm³/mol. The maximum Gasteiger partial charge on any atom is 0.229 e. The number of hydrogen-bond donors (Lipinski definition) is 1. The van der Waals surface area contributed by atoms with Gasteiger partial charge in [-0.3, -0.25) is 4.79 Å². The highest BCUT2D eigenvalue weighted by atomic mass is 79.9. The van der Waals surface area contributed by atoms with E-state index in [0.29, 0.717) is 17.4 Å². The van der Waals surface area contributed by atoms with Crippen LogP contribution in [0.3, 0.4) is 0 Å². The lowest BCUT2D eigenvalue weighted by molar-refractivity contribution is -0.123. The van der Waals surface area contributed by atoms with Crippen LogP contribution in [0.4, 0.5) is 5.69 Å². The molecule has 0 radical (unpaired) electrons. The van der Waals surface area contributed by atoms with E-state index in [-0.39, 0.29) is 5.91 Å². The first-order chi connectivity index (χ1) is 10.6. The molecule has 0 bridgehead atoms. The molecule has 0 saturated carbocycles. The van der Waals surface area contributed by atoms with E-state index >= 15 is 0 Å². The Morgan fingerprint density at radius 1 is 1.30 bits per heavy atom. The van der Waals surface area contributed by atoms with Gasteiger partial charge in [-0.15, -0.1) is 0 Å². The van der Waals surface area contributed by atoms with Crippen LogP contribution in [0.1, 0.15) is 53.5 Å². The van der Waals surface area contributed by atoms with Crippen LogP contribution < -0.4 is 10.1 Å². The monoisotopic (exact) mass is 383 g/mol. The van der Waals surface area contributed by atoms with E-state index < -0.39 is 5.41 Å². The molecule has 1 unspecified atom stereocenters. The van der Waals surface area contributed by atoms with Gasteiger partial charge in [-0.05, 0) is 43.4 Å². The molecule has 1 N–H and O–H groups in total. The summed E-state index contributed by atoms with van der Waals surface area (Å²) in [5, 5.41) is 2.97. The fourth-order valence-electron chi connectivity index (χ4n) is 2.23. The van der Waals surface area contributed by atoms with Crippen LogP contribution in [-0.2, 0) is 11.2 Å². The molecular formula is C19H30BrNO2. The number of rotatable bonds is 7. The fraction of sp³-hybridized carbons (Fsp3) is 0.632. The van der Waals surface area contributed by atoms with Gasteiger partial charge in [0.2, 0.25) is 5.91 Å². The third-order valence-electron chi connectivity index (χ3n) is 3.46. The van der Waals surface area contributed by atoms with Gasteiger partial charge in [-0.1, -0.05) is 56.6 Å². The van der Waals surface area contributed by atoms with Crippen LogP contribution in [0.5, 0.6) is 5.75 Å². The Balaban J connectivity index is 2.91. The first-order valence-electron chi connectivity index (χ1n) is 8.34. The molecule has 0 saturated heterocycles. The Hall–Kier alpha value is -1.03. The average molecular weight is 384 g/mol. The fourth-order valence-corrected chi connectivity index (χ4v) is 3.35. The van der Waals surface area contributed by atoms with Crippen molar-refractivity contribution in [2.75, 3.05) is 11.9 Å². The Morgan fingerprint density at radius 2 is 1.96 bits per heavy atom. The van der Waals surface area contributed by atoms with E-state index in [1.165, 1.54) is 5.56 Å². The zero-order valence-electron chi connectivity index (χ0n) is 15.2. The summed E-state index contributed by atoms with van der Waals surface area (Å²) in [6.07, 6.45) is 2.08. The van der Waals surface area contributed by atoms with E-state index in [4.69, 9.17) is 4.74 Å². The molecule has 4 heteroatoms. The van der Waals surface area contributed by atoms with E-state index in [1.807, 2.05) is 39.8 Å². The summed E-state index contributed by atoms with van der Waals surface area (Å²) >= 11 is 3.75. The number of carbonyl (C=O) groups is 1. The molecule has 1 rings (SSSR count). The highest BCUT2D eigenvalue weighted by Crippen LogP contribution is 2.29. The number of halogens is 1. The van der Waals surface area contributed by atoms with Crippen molar-refractivity contribution in [1.82, 2.24) is 0 Å². The second-order valence-corrected chi connectivity index (χ2v) is 8.69. The minimum Gasteiger partial charge on any atom is -0.492 e. The lowest BCUT2D eigenvalue weighted by Gasteiger charge is -2.20. The van der Waals surface area contributed by atoms with Crippen LogP contribution >= 0.6 is 15.9 Å². The number of benzene rings is 1. The van der Waals surface area contributed by atoms with Crippen molar-refractivity contribution in [2.45, 2.75) is 59.2 Å². The maximum absolute atomic E-state index is 12.2. The van der Waals surface area contributed by atoms with Crippen molar-refractivity contribution in [3.8, 4) is 5.75 Å². The molecular weight excluding hydrogens is 354 g/mol. The first-order valence-corrected chi connectivity index (χ1v) is 9.26. The maximum atomic E-state index is 12.2. The molecule has 1 atom stereocenters. The van der Waals surface area contributed by atoms with Crippen LogP contribution in [-0.4, -0.2) is 17.3 Å². The minimum atomic E-state index is -0.430. The van der Waals surface area contributed by atoms with Crippen molar-refractivity contribution in [2.24, 2.45) is 11.3 Å². The van der Waals surface area contributed by atoms with Gasteiger partial charge in [0.25, 0.3) is 0 Å². The molecule has 0 aliphatic heterocycles. The highest BCUT2D eigenvalue weighted by Gasteiger charge is 2.22. The molecule has 0 spiro atoms. The Kier molecular flexibility index (Phi) is 7.59. The summed E-state index contributed by atoms with van der Waals surface area (Å²) in [5.74, 6) is 1.40. The van der Waals surface area contributed by atoms with Gasteiger partial charge in [0.15, 0.2) is 0 Å². The second kappa shape index (κ2) is 8.72. The van der Waals surface area contributed by atoms with E-state index in [0.717, 1.165) is 24.3 Å². The van der Waals surface area contributed by atoms with Crippen molar-refractivity contribution >= 4 is 27.5 Å². The highest BCUT2D eigenvalue weighted by molar-refractivity contribution is 9.09. The van der Waals surface area contributed by atoms with Gasteiger partial charge in [0, 0.05) is 10.2 Å². The summed E-state index contributed by atoms with van der Waals surface area (Å²) in [6, 6.07) is 6.05. The third kappa shape index (κ3) is 6.94. The van der Waals surface area contributed by atoms with Crippen LogP contribution in [0.15, 0.2) is 18.2 Å². The summed E-state index contributed by atoms with van der Waals surface area (Å²) in [7, 11) is 0. The predicted octanol–water partition coefficient (Wildman–Crippen LogP) is 5.42. The van der Waals surface area contributed by atoms with Crippen LogP contribution in [0.25, 0.3) is 0 Å². The largest absolute Gasteiger partial charge is 0.492 e. The second-order valence-electron chi connectivity index (χ2n) is 7.40. The van der Waals surface area contributed by atoms with E-state index in [2.05, 4.69) is 41.2 Å². The number of nitrogens with one attached hydrogen (secondary N) is 1. The van der Waals surface area contributed by atoms with Crippen molar-refractivity contribution in [1.29, 1.82) is 0 Å². The Bertz CT molecular complexity index is 521. The van der Waals surface area contributed by atoms with E-state index in [1.54, 1.807) is 0 Å². The summed E-state index contributed by atoms with van der Waals surface area (Å²) in [4.78, 5) is 12.7. The van der Waals surface area contributed by atoms with Crippen molar-refractivity contribution in [3.05, 3.63) is 23.8 Å². The SMILES string of the molecule is CCOc1cc(CC(Br)CC(C)C)ccc1NC(=O)C(C)(C)C. The number of ether oxygens (including phenoxy) is 1. The van der Waals surface area contributed by atoms with Gasteiger partial charge in [0.1, 0.15) is 5.75 Å². The lowest BCUT2D eigenvalue weighted by Crippen LogP contribution is -2.27. The average Bonchev–Trinajstić information content (AvgIpc) is 2.39. The molecule has 0 fully saturated rings. The van der Waals surface area contributed by atoms with E-state index in [9.17, 15) is 4.79 Å². The quantitative estimate of drug-likeness (QED) is 0.638. The number of anilines is 1.